The molecular weight excluding hydrogens is 203 g/mol. The van der Waals surface area contributed by atoms with E-state index >= 15 is 0 Å². The Bertz CT molecular complexity index is 396. The molecule has 0 saturated carbocycles. The molecule has 0 atom stereocenters. The van der Waals surface area contributed by atoms with Crippen LogP contribution in [0.1, 0.15) is 17.0 Å². The first-order valence-corrected chi connectivity index (χ1v) is 4.42. The molecule has 0 bridgehead atoms. The smallest absolute Gasteiger partial charge is 0.359 e. The monoisotopic (exact) mass is 215 g/mol. The SMILES string of the molecule is C=C/C(=C\c1[nH]c(C)cc1C)C(F)(F)F. The minimum Gasteiger partial charge on any atom is -0.359 e. The number of aryl methyl sites for hydroxylation is 2. The van der Waals surface area contributed by atoms with Gasteiger partial charge >= 0.3 is 6.18 Å². The summed E-state index contributed by atoms with van der Waals surface area (Å²) >= 11 is 0. The molecule has 0 aliphatic rings. The third-order valence-corrected chi connectivity index (χ3v) is 2.04. The molecule has 82 valence electrons. The highest BCUT2D eigenvalue weighted by atomic mass is 19.4. The maximum atomic E-state index is 12.4. The first kappa shape index (κ1) is 11.6. The Morgan fingerprint density at radius 1 is 1.40 bits per heavy atom. The van der Waals surface area contributed by atoms with Gasteiger partial charge in [-0.3, -0.25) is 0 Å². The van der Waals surface area contributed by atoms with Gasteiger partial charge in [0, 0.05) is 11.4 Å². The Hall–Kier alpha value is -1.45. The summed E-state index contributed by atoms with van der Waals surface area (Å²) < 4.78 is 37.2. The Morgan fingerprint density at radius 3 is 2.33 bits per heavy atom. The van der Waals surface area contributed by atoms with E-state index in [-0.39, 0.29) is 0 Å². The minimum absolute atomic E-state index is 0.472. The molecule has 1 N–H and O–H groups in total. The first-order valence-electron chi connectivity index (χ1n) is 4.42. The van der Waals surface area contributed by atoms with Gasteiger partial charge in [0.2, 0.25) is 0 Å². The molecule has 4 heteroatoms. The molecular formula is C11H12F3N. The second-order valence-corrected chi connectivity index (χ2v) is 3.35. The summed E-state index contributed by atoms with van der Waals surface area (Å²) in [7, 11) is 0. The average Bonchev–Trinajstić information content (AvgIpc) is 2.38. The highest BCUT2D eigenvalue weighted by Gasteiger charge is 2.31. The zero-order chi connectivity index (χ0) is 11.6. The van der Waals surface area contributed by atoms with Crippen LogP contribution < -0.4 is 0 Å². The van der Waals surface area contributed by atoms with Crippen molar-refractivity contribution in [3.8, 4) is 0 Å². The normalized spacial score (nSPS) is 13.0. The summed E-state index contributed by atoms with van der Waals surface area (Å²) in [4.78, 5) is 2.86. The van der Waals surface area contributed by atoms with Gasteiger partial charge < -0.3 is 4.98 Å². The molecule has 1 nitrogen and oxygen atoms in total. The van der Waals surface area contributed by atoms with Crippen LogP contribution in [0.5, 0.6) is 0 Å². The van der Waals surface area contributed by atoms with Crippen molar-refractivity contribution in [2.75, 3.05) is 0 Å². The topological polar surface area (TPSA) is 15.8 Å². The molecule has 1 rings (SSSR count). The van der Waals surface area contributed by atoms with E-state index in [2.05, 4.69) is 11.6 Å². The van der Waals surface area contributed by atoms with E-state index in [1.807, 2.05) is 0 Å². The minimum atomic E-state index is -4.35. The summed E-state index contributed by atoms with van der Waals surface area (Å²) in [5, 5.41) is 0. The Balaban J connectivity index is 3.14. The van der Waals surface area contributed by atoms with Gasteiger partial charge in [-0.25, -0.2) is 0 Å². The molecule has 0 unspecified atom stereocenters. The summed E-state index contributed by atoms with van der Waals surface area (Å²) in [6.07, 6.45) is -2.47. The lowest BCUT2D eigenvalue weighted by atomic mass is 10.1. The van der Waals surface area contributed by atoms with Crippen LogP contribution in [0.2, 0.25) is 0 Å². The van der Waals surface area contributed by atoms with Crippen LogP contribution in [0.15, 0.2) is 24.3 Å². The standard InChI is InChI=1S/C11H12F3N/c1-4-9(11(12,13)14)6-10-7(2)5-8(3)15-10/h4-6,15H,1H2,2-3H3/b9-6+. The molecule has 0 amide bonds. The zero-order valence-corrected chi connectivity index (χ0v) is 8.57. The Morgan fingerprint density at radius 2 is 2.00 bits per heavy atom. The second-order valence-electron chi connectivity index (χ2n) is 3.35. The van der Waals surface area contributed by atoms with E-state index in [9.17, 15) is 13.2 Å². The van der Waals surface area contributed by atoms with Crippen molar-refractivity contribution in [3.63, 3.8) is 0 Å². The largest absolute Gasteiger partial charge is 0.416 e. The van der Waals surface area contributed by atoms with E-state index in [4.69, 9.17) is 0 Å². The van der Waals surface area contributed by atoms with Crippen molar-refractivity contribution in [1.29, 1.82) is 0 Å². The zero-order valence-electron chi connectivity index (χ0n) is 8.57. The molecule has 0 aromatic carbocycles. The number of H-pyrrole nitrogens is 1. The Labute approximate surface area is 86.3 Å². The van der Waals surface area contributed by atoms with Crippen molar-refractivity contribution < 1.29 is 13.2 Å². The quantitative estimate of drug-likeness (QED) is 0.723. The van der Waals surface area contributed by atoms with Crippen molar-refractivity contribution in [2.24, 2.45) is 0 Å². The van der Waals surface area contributed by atoms with Crippen LogP contribution in [0, 0.1) is 13.8 Å². The maximum Gasteiger partial charge on any atom is 0.416 e. The van der Waals surface area contributed by atoms with Crippen LogP contribution >= 0.6 is 0 Å². The van der Waals surface area contributed by atoms with Crippen LogP contribution in [0.25, 0.3) is 6.08 Å². The summed E-state index contributed by atoms with van der Waals surface area (Å²) in [6, 6.07) is 1.79. The van der Waals surface area contributed by atoms with Crippen LogP contribution in [0.4, 0.5) is 13.2 Å². The predicted octanol–water partition coefficient (Wildman–Crippen LogP) is 3.76. The van der Waals surface area contributed by atoms with Gasteiger partial charge in [0.15, 0.2) is 0 Å². The van der Waals surface area contributed by atoms with Crippen LogP contribution in [0.3, 0.4) is 0 Å². The molecule has 0 fully saturated rings. The van der Waals surface area contributed by atoms with Gasteiger partial charge in [0.25, 0.3) is 0 Å². The summed E-state index contributed by atoms with van der Waals surface area (Å²) in [5.74, 6) is 0. The number of nitrogens with one attached hydrogen (secondary N) is 1. The number of rotatable bonds is 2. The van der Waals surface area contributed by atoms with Gasteiger partial charge in [-0.05, 0) is 31.6 Å². The molecule has 0 aliphatic heterocycles. The number of allylic oxidation sites excluding steroid dienone is 2. The number of hydrogen-bond donors (Lipinski definition) is 1. The summed E-state index contributed by atoms with van der Waals surface area (Å²) in [5.41, 5.74) is 1.35. The molecule has 15 heavy (non-hydrogen) atoms. The maximum absolute atomic E-state index is 12.4. The van der Waals surface area contributed by atoms with Crippen LogP contribution in [-0.2, 0) is 0 Å². The molecule has 0 aliphatic carbocycles. The van der Waals surface area contributed by atoms with Crippen molar-refractivity contribution >= 4 is 6.08 Å². The fourth-order valence-electron chi connectivity index (χ4n) is 1.31. The number of halogens is 3. The van der Waals surface area contributed by atoms with Crippen molar-refractivity contribution in [2.45, 2.75) is 20.0 Å². The molecule has 0 spiro atoms. The first-order chi connectivity index (χ1) is 6.84. The van der Waals surface area contributed by atoms with Gasteiger partial charge in [0.05, 0.1) is 5.57 Å². The van der Waals surface area contributed by atoms with E-state index < -0.39 is 11.7 Å². The third kappa shape index (κ3) is 2.75. The fraction of sp³-hybridized carbons (Fsp3) is 0.273. The molecule has 0 radical (unpaired) electrons. The van der Waals surface area contributed by atoms with Gasteiger partial charge in [-0.2, -0.15) is 13.2 Å². The van der Waals surface area contributed by atoms with Crippen LogP contribution in [-0.4, -0.2) is 11.2 Å². The Kier molecular flexibility index (Phi) is 3.07. The van der Waals surface area contributed by atoms with E-state index in [1.165, 1.54) is 0 Å². The van der Waals surface area contributed by atoms with Crippen molar-refractivity contribution in [3.05, 3.63) is 41.2 Å². The fourth-order valence-corrected chi connectivity index (χ4v) is 1.31. The lowest BCUT2D eigenvalue weighted by Gasteiger charge is -2.06. The summed E-state index contributed by atoms with van der Waals surface area (Å²) in [6.45, 7) is 6.71. The van der Waals surface area contributed by atoms with E-state index in [0.717, 1.165) is 23.4 Å². The molecule has 0 saturated heterocycles. The average molecular weight is 215 g/mol. The number of hydrogen-bond acceptors (Lipinski definition) is 0. The number of aromatic amines is 1. The predicted molar refractivity (Wildman–Crippen MR) is 54.5 cm³/mol. The van der Waals surface area contributed by atoms with Gasteiger partial charge in [0.1, 0.15) is 0 Å². The number of alkyl halides is 3. The van der Waals surface area contributed by atoms with Crippen molar-refractivity contribution in [1.82, 2.24) is 4.98 Å². The van der Waals surface area contributed by atoms with E-state index in [0.29, 0.717) is 5.69 Å². The van der Waals surface area contributed by atoms with E-state index in [1.54, 1.807) is 19.9 Å². The molecule has 1 aromatic heterocycles. The van der Waals surface area contributed by atoms with Gasteiger partial charge in [-0.1, -0.05) is 12.7 Å². The molecule has 1 heterocycles. The number of aromatic nitrogens is 1. The molecule has 1 aromatic rings. The highest BCUT2D eigenvalue weighted by Crippen LogP contribution is 2.28. The third-order valence-electron chi connectivity index (χ3n) is 2.04. The lowest BCUT2D eigenvalue weighted by molar-refractivity contribution is -0.0872. The highest BCUT2D eigenvalue weighted by molar-refractivity contribution is 5.57. The lowest BCUT2D eigenvalue weighted by Crippen LogP contribution is -2.09. The van der Waals surface area contributed by atoms with Gasteiger partial charge in [-0.15, -0.1) is 0 Å². The second kappa shape index (κ2) is 3.96.